The SMILES string of the molecule is Clc1cccc(-c2csc(-c3cnccc3C3CCCC3)n2)c1. The first-order chi connectivity index (χ1) is 11.3. The lowest BCUT2D eigenvalue weighted by atomic mass is 9.95. The molecule has 0 radical (unpaired) electrons. The van der Waals surface area contributed by atoms with Crippen molar-refractivity contribution in [2.45, 2.75) is 31.6 Å². The molecule has 3 aromatic rings. The number of pyridine rings is 1. The minimum Gasteiger partial charge on any atom is -0.264 e. The number of thiazole rings is 1. The minimum atomic E-state index is 0.659. The van der Waals surface area contributed by atoms with E-state index in [-0.39, 0.29) is 0 Å². The van der Waals surface area contributed by atoms with Gasteiger partial charge in [-0.05, 0) is 42.5 Å². The van der Waals surface area contributed by atoms with Gasteiger partial charge in [0.05, 0.1) is 5.69 Å². The summed E-state index contributed by atoms with van der Waals surface area (Å²) in [5.74, 6) is 0.659. The van der Waals surface area contributed by atoms with E-state index in [4.69, 9.17) is 16.6 Å². The Kier molecular flexibility index (Phi) is 4.15. The molecule has 1 fully saturated rings. The molecule has 1 aliphatic rings. The maximum atomic E-state index is 6.10. The fourth-order valence-corrected chi connectivity index (χ4v) is 4.41. The van der Waals surface area contributed by atoms with Gasteiger partial charge in [0, 0.05) is 33.9 Å². The molecule has 1 aliphatic carbocycles. The molecular formula is C19H17ClN2S. The van der Waals surface area contributed by atoms with E-state index >= 15 is 0 Å². The predicted molar refractivity (Wildman–Crippen MR) is 97.0 cm³/mol. The first-order valence-electron chi connectivity index (χ1n) is 7.97. The molecule has 2 heterocycles. The first-order valence-corrected chi connectivity index (χ1v) is 9.23. The summed E-state index contributed by atoms with van der Waals surface area (Å²) in [7, 11) is 0. The number of nitrogens with zero attached hydrogens (tertiary/aromatic N) is 2. The number of hydrogen-bond acceptors (Lipinski definition) is 3. The lowest BCUT2D eigenvalue weighted by Crippen LogP contribution is -1.96. The van der Waals surface area contributed by atoms with Crippen LogP contribution in [0, 0.1) is 0 Å². The third kappa shape index (κ3) is 3.04. The molecule has 0 bridgehead atoms. The van der Waals surface area contributed by atoms with E-state index in [1.54, 1.807) is 11.3 Å². The third-order valence-corrected chi connectivity index (χ3v) is 5.62. The number of halogens is 1. The molecule has 4 heteroatoms. The van der Waals surface area contributed by atoms with Gasteiger partial charge >= 0.3 is 0 Å². The maximum Gasteiger partial charge on any atom is 0.125 e. The second kappa shape index (κ2) is 6.42. The van der Waals surface area contributed by atoms with Gasteiger partial charge in [0.25, 0.3) is 0 Å². The van der Waals surface area contributed by atoms with Crippen LogP contribution in [-0.4, -0.2) is 9.97 Å². The standard InChI is InChI=1S/C19H17ClN2S/c20-15-7-3-6-14(10-15)18-12-23-19(22-18)17-11-21-9-8-16(17)13-4-1-2-5-13/h3,6-13H,1-2,4-5H2. The van der Waals surface area contributed by atoms with Gasteiger partial charge < -0.3 is 0 Å². The molecule has 4 rings (SSSR count). The molecule has 1 aromatic carbocycles. The van der Waals surface area contributed by atoms with E-state index in [1.165, 1.54) is 36.8 Å². The Labute approximate surface area is 145 Å². The fourth-order valence-electron chi connectivity index (χ4n) is 3.35. The summed E-state index contributed by atoms with van der Waals surface area (Å²) in [5, 5.41) is 3.90. The molecule has 0 unspecified atom stereocenters. The molecule has 0 saturated heterocycles. The molecule has 1 saturated carbocycles. The van der Waals surface area contributed by atoms with E-state index in [2.05, 4.69) is 16.4 Å². The highest BCUT2D eigenvalue weighted by atomic mass is 35.5. The monoisotopic (exact) mass is 340 g/mol. The largest absolute Gasteiger partial charge is 0.264 e. The Morgan fingerprint density at radius 2 is 2.00 bits per heavy atom. The lowest BCUT2D eigenvalue weighted by Gasteiger charge is -2.13. The molecule has 2 aromatic heterocycles. The van der Waals surface area contributed by atoms with Gasteiger partial charge in [-0.25, -0.2) is 4.98 Å². The Bertz CT molecular complexity index is 821. The van der Waals surface area contributed by atoms with Crippen molar-refractivity contribution >= 4 is 22.9 Å². The summed E-state index contributed by atoms with van der Waals surface area (Å²) in [5.41, 5.74) is 4.64. The van der Waals surface area contributed by atoms with Gasteiger partial charge in [0.1, 0.15) is 5.01 Å². The zero-order chi connectivity index (χ0) is 15.6. The van der Waals surface area contributed by atoms with Crippen LogP contribution >= 0.6 is 22.9 Å². The molecule has 0 amide bonds. The van der Waals surface area contributed by atoms with Gasteiger partial charge in [-0.2, -0.15) is 0 Å². The van der Waals surface area contributed by atoms with Crippen molar-refractivity contribution in [3.05, 3.63) is 58.7 Å². The van der Waals surface area contributed by atoms with Crippen molar-refractivity contribution in [1.29, 1.82) is 0 Å². The summed E-state index contributed by atoms with van der Waals surface area (Å²) < 4.78 is 0. The van der Waals surface area contributed by atoms with Crippen LogP contribution in [0.4, 0.5) is 0 Å². The zero-order valence-electron chi connectivity index (χ0n) is 12.7. The quantitative estimate of drug-likeness (QED) is 0.568. The van der Waals surface area contributed by atoms with Gasteiger partial charge in [0.2, 0.25) is 0 Å². The van der Waals surface area contributed by atoms with Crippen LogP contribution in [0.1, 0.15) is 37.2 Å². The molecule has 116 valence electrons. The minimum absolute atomic E-state index is 0.659. The van der Waals surface area contributed by atoms with E-state index < -0.39 is 0 Å². The molecule has 0 atom stereocenters. The van der Waals surface area contributed by atoms with Crippen molar-refractivity contribution in [2.24, 2.45) is 0 Å². The summed E-state index contributed by atoms with van der Waals surface area (Å²) in [6, 6.07) is 10.0. The van der Waals surface area contributed by atoms with Gasteiger partial charge in [-0.3, -0.25) is 4.98 Å². The highest BCUT2D eigenvalue weighted by Gasteiger charge is 2.21. The number of rotatable bonds is 3. The molecular weight excluding hydrogens is 324 g/mol. The highest BCUT2D eigenvalue weighted by Crippen LogP contribution is 2.40. The topological polar surface area (TPSA) is 25.8 Å². The van der Waals surface area contributed by atoms with E-state index in [0.717, 1.165) is 21.3 Å². The van der Waals surface area contributed by atoms with Crippen LogP contribution in [0.3, 0.4) is 0 Å². The summed E-state index contributed by atoms with van der Waals surface area (Å²) in [6.45, 7) is 0. The van der Waals surface area contributed by atoms with Crippen molar-refractivity contribution in [1.82, 2.24) is 9.97 Å². The van der Waals surface area contributed by atoms with Crippen molar-refractivity contribution in [2.75, 3.05) is 0 Å². The van der Waals surface area contributed by atoms with Crippen LogP contribution in [0.15, 0.2) is 48.1 Å². The second-order valence-corrected chi connectivity index (χ2v) is 7.29. The van der Waals surface area contributed by atoms with E-state index in [1.807, 2.05) is 36.7 Å². The van der Waals surface area contributed by atoms with Crippen LogP contribution in [0.2, 0.25) is 5.02 Å². The lowest BCUT2D eigenvalue weighted by molar-refractivity contribution is 0.723. The average molecular weight is 341 g/mol. The zero-order valence-corrected chi connectivity index (χ0v) is 14.3. The molecule has 0 spiro atoms. The predicted octanol–water partition coefficient (Wildman–Crippen LogP) is 6.18. The molecule has 0 N–H and O–H groups in total. The Morgan fingerprint density at radius 3 is 2.83 bits per heavy atom. The Balaban J connectivity index is 1.72. The van der Waals surface area contributed by atoms with Crippen LogP contribution < -0.4 is 0 Å². The van der Waals surface area contributed by atoms with E-state index in [0.29, 0.717) is 5.92 Å². The average Bonchev–Trinajstić information content (AvgIpc) is 3.27. The van der Waals surface area contributed by atoms with Gasteiger partial charge in [0.15, 0.2) is 0 Å². The maximum absolute atomic E-state index is 6.10. The van der Waals surface area contributed by atoms with Crippen molar-refractivity contribution in [3.63, 3.8) is 0 Å². The molecule has 0 aliphatic heterocycles. The van der Waals surface area contributed by atoms with Crippen LogP contribution in [-0.2, 0) is 0 Å². The third-order valence-electron chi connectivity index (χ3n) is 4.50. The number of benzene rings is 1. The van der Waals surface area contributed by atoms with E-state index in [9.17, 15) is 0 Å². The Morgan fingerprint density at radius 1 is 1.13 bits per heavy atom. The molecule has 2 nitrogen and oxygen atoms in total. The number of aromatic nitrogens is 2. The fraction of sp³-hybridized carbons (Fsp3) is 0.263. The second-order valence-electron chi connectivity index (χ2n) is 5.99. The Hall–Kier alpha value is -1.71. The summed E-state index contributed by atoms with van der Waals surface area (Å²) in [4.78, 5) is 9.18. The van der Waals surface area contributed by atoms with Crippen molar-refractivity contribution < 1.29 is 0 Å². The highest BCUT2D eigenvalue weighted by molar-refractivity contribution is 7.13. The summed E-state index contributed by atoms with van der Waals surface area (Å²) in [6.07, 6.45) is 9.10. The number of hydrogen-bond donors (Lipinski definition) is 0. The van der Waals surface area contributed by atoms with Gasteiger partial charge in [-0.15, -0.1) is 11.3 Å². The normalized spacial score (nSPS) is 15.2. The molecule has 23 heavy (non-hydrogen) atoms. The van der Waals surface area contributed by atoms with Crippen LogP contribution in [0.25, 0.3) is 21.8 Å². The first kappa shape index (κ1) is 14.9. The summed E-state index contributed by atoms with van der Waals surface area (Å²) >= 11 is 7.78. The van der Waals surface area contributed by atoms with Crippen LogP contribution in [0.5, 0.6) is 0 Å². The van der Waals surface area contributed by atoms with Crippen molar-refractivity contribution in [3.8, 4) is 21.8 Å². The van der Waals surface area contributed by atoms with Gasteiger partial charge in [-0.1, -0.05) is 36.6 Å². The smallest absolute Gasteiger partial charge is 0.125 e.